The average molecular weight is 733 g/mol. The topological polar surface area (TPSA) is 134 Å². The third-order valence-electron chi connectivity index (χ3n) is 8.24. The molecule has 0 N–H and O–H groups in total. The molecule has 1 fully saturated rings. The largest absolute Gasteiger partial charge is 0.500 e. The van der Waals surface area contributed by atoms with Crippen LogP contribution < -0.4 is 14.7 Å². The Hall–Kier alpha value is -4.53. The number of nitro groups is 1. The second-order valence-electron chi connectivity index (χ2n) is 12.5. The first-order valence-electron chi connectivity index (χ1n) is 15.9. The van der Waals surface area contributed by atoms with Crippen LogP contribution in [0.3, 0.4) is 0 Å². The number of alkyl halides is 1. The first-order valence-corrected chi connectivity index (χ1v) is 16.8. The summed E-state index contributed by atoms with van der Waals surface area (Å²) < 4.78 is 16.3. The maximum absolute atomic E-state index is 13.8. The van der Waals surface area contributed by atoms with Crippen LogP contribution in [0.4, 0.5) is 38.2 Å². The van der Waals surface area contributed by atoms with Gasteiger partial charge in [0.05, 0.1) is 43.0 Å². The molecule has 50 heavy (non-hydrogen) atoms. The molecule has 0 bridgehead atoms. The standard InChI is InChI=1S/C34H43Cl2N7O7/c1-9-39-12-14-40(15-13-39)24-10-11-26(28(16-24)43(46)47)42(33(45)50-34(3,4)5)30-18-27-23(20-37-30)21-41(32(44)38(27)6)22(2)31(36)29(49-8)17-25(19-35)48-7/h10-11,16-18,20H,2,9,12-15,19,21H2,1,3-8H3/b25-17+,31-29-. The molecule has 3 heterocycles. The summed E-state index contributed by atoms with van der Waals surface area (Å²) in [5.74, 6) is 0.664. The molecular formula is C34H43Cl2N7O7. The van der Waals surface area contributed by atoms with Gasteiger partial charge < -0.3 is 24.0 Å². The van der Waals surface area contributed by atoms with E-state index in [1.54, 1.807) is 33.9 Å². The van der Waals surface area contributed by atoms with Gasteiger partial charge in [-0.2, -0.15) is 0 Å². The molecule has 1 aromatic heterocycles. The molecule has 0 saturated carbocycles. The molecule has 3 amide bonds. The number of hydrogen-bond donors (Lipinski definition) is 0. The van der Waals surface area contributed by atoms with Gasteiger partial charge >= 0.3 is 12.1 Å². The van der Waals surface area contributed by atoms with Gasteiger partial charge in [0.1, 0.15) is 33.7 Å². The predicted octanol–water partition coefficient (Wildman–Crippen LogP) is 6.96. The smallest absolute Gasteiger partial charge is 0.420 e. The fourth-order valence-electron chi connectivity index (χ4n) is 5.51. The molecule has 0 spiro atoms. The molecule has 270 valence electrons. The first kappa shape index (κ1) is 38.3. The van der Waals surface area contributed by atoms with E-state index in [-0.39, 0.29) is 46.1 Å². The predicted molar refractivity (Wildman–Crippen MR) is 194 cm³/mol. The lowest BCUT2D eigenvalue weighted by atomic mass is 10.1. The first-order chi connectivity index (χ1) is 23.6. The molecular weight excluding hydrogens is 689 g/mol. The zero-order valence-electron chi connectivity index (χ0n) is 29.4. The number of fused-ring (bicyclic) bond motifs is 1. The Morgan fingerprint density at radius 2 is 1.84 bits per heavy atom. The van der Waals surface area contributed by atoms with Crippen LogP contribution in [-0.2, 0) is 20.8 Å². The Kier molecular flexibility index (Phi) is 12.2. The van der Waals surface area contributed by atoms with Gasteiger partial charge in [-0.05, 0) is 39.4 Å². The van der Waals surface area contributed by atoms with E-state index in [0.717, 1.165) is 24.5 Å². The van der Waals surface area contributed by atoms with Crippen LogP contribution in [0.1, 0.15) is 33.3 Å². The zero-order chi connectivity index (χ0) is 36.9. The fraction of sp³-hybridized carbons (Fsp3) is 0.441. The van der Waals surface area contributed by atoms with Crippen molar-refractivity contribution in [3.8, 4) is 0 Å². The molecule has 1 aromatic carbocycles. The number of aromatic nitrogens is 1. The summed E-state index contributed by atoms with van der Waals surface area (Å²) in [5, 5.41) is 12.6. The van der Waals surface area contributed by atoms with Gasteiger partial charge in [0.15, 0.2) is 0 Å². The number of allylic oxidation sites excluding steroid dienone is 3. The number of carbonyl (C=O) groups is 2. The summed E-state index contributed by atoms with van der Waals surface area (Å²) in [4.78, 5) is 52.2. The highest BCUT2D eigenvalue weighted by Crippen LogP contribution is 2.40. The van der Waals surface area contributed by atoms with Crippen molar-refractivity contribution in [2.75, 3.05) is 74.6 Å². The van der Waals surface area contributed by atoms with E-state index >= 15 is 0 Å². The Morgan fingerprint density at radius 1 is 1.16 bits per heavy atom. The number of carbonyl (C=O) groups excluding carboxylic acids is 2. The van der Waals surface area contributed by atoms with E-state index in [4.69, 9.17) is 37.4 Å². The molecule has 4 rings (SSSR count). The third kappa shape index (κ3) is 8.42. The van der Waals surface area contributed by atoms with Crippen molar-refractivity contribution in [3.63, 3.8) is 0 Å². The van der Waals surface area contributed by atoms with Gasteiger partial charge in [-0.1, -0.05) is 25.1 Å². The summed E-state index contributed by atoms with van der Waals surface area (Å²) in [5.41, 5.74) is 0.575. The third-order valence-corrected chi connectivity index (χ3v) is 8.91. The van der Waals surface area contributed by atoms with Crippen molar-refractivity contribution in [2.24, 2.45) is 0 Å². The monoisotopic (exact) mass is 731 g/mol. The quantitative estimate of drug-likeness (QED) is 0.0785. The Morgan fingerprint density at radius 3 is 2.40 bits per heavy atom. The Labute approximate surface area is 302 Å². The second kappa shape index (κ2) is 16.0. The number of likely N-dealkylation sites (N-methyl/N-ethyl adjacent to an activating group) is 1. The summed E-state index contributed by atoms with van der Waals surface area (Å²) in [6.45, 7) is 15.3. The number of nitro benzene ring substituents is 1. The van der Waals surface area contributed by atoms with Crippen LogP contribution in [0.5, 0.6) is 0 Å². The number of urea groups is 1. The summed E-state index contributed by atoms with van der Waals surface area (Å²) in [7, 11) is 4.41. The van der Waals surface area contributed by atoms with Crippen molar-refractivity contribution in [2.45, 2.75) is 39.8 Å². The second-order valence-corrected chi connectivity index (χ2v) is 13.2. The molecule has 0 aliphatic carbocycles. The van der Waals surface area contributed by atoms with Gasteiger partial charge in [0.25, 0.3) is 5.69 Å². The van der Waals surface area contributed by atoms with Gasteiger partial charge in [-0.3, -0.25) is 19.9 Å². The highest BCUT2D eigenvalue weighted by Gasteiger charge is 2.36. The number of methoxy groups -OCH3 is 2. The van der Waals surface area contributed by atoms with E-state index in [2.05, 4.69) is 28.3 Å². The van der Waals surface area contributed by atoms with Crippen molar-refractivity contribution in [1.82, 2.24) is 14.8 Å². The number of pyridine rings is 1. The number of rotatable bonds is 11. The SMILES string of the molecule is C=C(/C(Cl)=C(\C=C(/CCl)OC)OC)N1Cc2cnc(N(C(=O)OC(C)(C)C)c3ccc(N4CCN(CC)CC4)cc3[N+](=O)[O-])cc2N(C)C1=O. The van der Waals surface area contributed by atoms with Crippen LogP contribution in [0, 0.1) is 10.1 Å². The number of amides is 3. The fourth-order valence-corrected chi connectivity index (χ4v) is 5.93. The van der Waals surface area contributed by atoms with Crippen molar-refractivity contribution in [3.05, 3.63) is 81.0 Å². The minimum Gasteiger partial charge on any atom is -0.500 e. The molecule has 1 saturated heterocycles. The van der Waals surface area contributed by atoms with Gasteiger partial charge in [0, 0.05) is 68.9 Å². The van der Waals surface area contributed by atoms with Gasteiger partial charge in [-0.15, -0.1) is 11.6 Å². The normalized spacial score (nSPS) is 16.1. The van der Waals surface area contributed by atoms with Crippen LogP contribution in [-0.4, -0.2) is 97.3 Å². The Balaban J connectivity index is 1.75. The summed E-state index contributed by atoms with van der Waals surface area (Å²) in [6, 6.07) is 5.78. The maximum atomic E-state index is 13.8. The number of halogens is 2. The lowest BCUT2D eigenvalue weighted by molar-refractivity contribution is -0.384. The number of piperazine rings is 1. The molecule has 2 aliphatic rings. The van der Waals surface area contributed by atoms with Crippen molar-refractivity contribution < 1.29 is 28.7 Å². The van der Waals surface area contributed by atoms with E-state index in [0.29, 0.717) is 35.8 Å². The van der Waals surface area contributed by atoms with Crippen LogP contribution >= 0.6 is 23.2 Å². The Bertz CT molecular complexity index is 1690. The van der Waals surface area contributed by atoms with Crippen LogP contribution in [0.25, 0.3) is 0 Å². The molecule has 2 aliphatic heterocycles. The zero-order valence-corrected chi connectivity index (χ0v) is 30.9. The highest BCUT2D eigenvalue weighted by molar-refractivity contribution is 6.32. The minimum atomic E-state index is -0.929. The minimum absolute atomic E-state index is 0.0234. The number of hydrogen-bond acceptors (Lipinski definition) is 10. The average Bonchev–Trinajstić information content (AvgIpc) is 3.09. The van der Waals surface area contributed by atoms with E-state index < -0.39 is 22.6 Å². The molecule has 2 aromatic rings. The van der Waals surface area contributed by atoms with E-state index in [1.807, 2.05) is 0 Å². The van der Waals surface area contributed by atoms with Crippen LogP contribution in [0.15, 0.2) is 65.4 Å². The molecule has 0 unspecified atom stereocenters. The van der Waals surface area contributed by atoms with E-state index in [1.165, 1.54) is 54.5 Å². The molecule has 0 radical (unpaired) electrons. The summed E-state index contributed by atoms with van der Waals surface area (Å²) >= 11 is 12.5. The number of anilines is 4. The van der Waals surface area contributed by atoms with Gasteiger partial charge in [-0.25, -0.2) is 19.5 Å². The highest BCUT2D eigenvalue weighted by atomic mass is 35.5. The molecule has 16 heteroatoms. The summed E-state index contributed by atoms with van der Waals surface area (Å²) in [6.07, 6.45) is 2.12. The van der Waals surface area contributed by atoms with E-state index in [9.17, 15) is 19.7 Å². The number of nitrogens with zero attached hydrogens (tertiary/aromatic N) is 7. The van der Waals surface area contributed by atoms with Crippen LogP contribution in [0.2, 0.25) is 0 Å². The van der Waals surface area contributed by atoms with Gasteiger partial charge in [0.2, 0.25) is 0 Å². The maximum Gasteiger partial charge on any atom is 0.420 e. The lowest BCUT2D eigenvalue weighted by Gasteiger charge is -2.36. The molecule has 14 nitrogen and oxygen atoms in total. The number of benzene rings is 1. The van der Waals surface area contributed by atoms with Crippen molar-refractivity contribution >= 4 is 63.9 Å². The lowest BCUT2D eigenvalue weighted by Crippen LogP contribution is -2.46. The molecule has 0 atom stereocenters. The number of ether oxygens (including phenoxy) is 3. The van der Waals surface area contributed by atoms with Crippen molar-refractivity contribution in [1.29, 1.82) is 0 Å².